The summed E-state index contributed by atoms with van der Waals surface area (Å²) >= 11 is 0. The van der Waals surface area contributed by atoms with Crippen LogP contribution >= 0.6 is 0 Å². The minimum atomic E-state index is -0.375. The maximum atomic E-state index is 11.4. The fraction of sp³-hybridized carbons (Fsp3) is 0.733. The van der Waals surface area contributed by atoms with E-state index in [4.69, 9.17) is 18.9 Å². The van der Waals surface area contributed by atoms with Gasteiger partial charge < -0.3 is 29.2 Å². The molecule has 0 aromatic heterocycles. The molecule has 6 nitrogen and oxygen atoms in total. The van der Waals surface area contributed by atoms with Gasteiger partial charge >= 0.3 is 0 Å². The molecular formula is C45H72O6. The third-order valence-electron chi connectivity index (χ3n) is 11.9. The normalized spacial score (nSPS) is 22.8. The molecule has 0 aliphatic carbocycles. The first kappa shape index (κ1) is 41.6. The quantitative estimate of drug-likeness (QED) is 0.256. The molecule has 2 aliphatic heterocycles. The van der Waals surface area contributed by atoms with E-state index >= 15 is 0 Å². The Bertz CT molecular complexity index is 1400. The van der Waals surface area contributed by atoms with E-state index < -0.39 is 0 Å². The maximum Gasteiger partial charge on any atom is 0.162 e. The average molecular weight is 709 g/mol. The second kappa shape index (κ2) is 14.3. The van der Waals surface area contributed by atoms with Gasteiger partial charge in [-0.05, 0) is 69.6 Å². The molecule has 0 amide bonds. The van der Waals surface area contributed by atoms with E-state index in [-0.39, 0.29) is 50.5 Å². The first-order valence-electron chi connectivity index (χ1n) is 19.4. The van der Waals surface area contributed by atoms with Crippen LogP contribution in [0.5, 0.6) is 11.5 Å². The van der Waals surface area contributed by atoms with Gasteiger partial charge in [-0.2, -0.15) is 0 Å². The smallest absolute Gasteiger partial charge is 0.162 e. The van der Waals surface area contributed by atoms with Crippen molar-refractivity contribution in [2.75, 3.05) is 26.4 Å². The zero-order chi connectivity index (χ0) is 38.6. The highest BCUT2D eigenvalue weighted by atomic mass is 16.7. The standard InChI is InChI=1S/C45H72O6/c1-17-41(9,10)33-21-29(19-31(35(33)46)39(3,4)5)23-43(13,14)37-48-25-45(26-49-37)27-50-38(51-28-45)44(15,16)24-30-20-32(40(6,7)8)36(47)34(22-30)42(11,12)18-2/h19-22,37-38,46-47H,17-18,23-28H2,1-16H3. The van der Waals surface area contributed by atoms with Crippen molar-refractivity contribution in [3.8, 4) is 11.5 Å². The molecule has 2 aliphatic rings. The lowest BCUT2D eigenvalue weighted by Gasteiger charge is -2.49. The zero-order valence-corrected chi connectivity index (χ0v) is 35.1. The van der Waals surface area contributed by atoms with Crippen molar-refractivity contribution in [3.63, 3.8) is 0 Å². The first-order chi connectivity index (χ1) is 23.2. The number of rotatable bonds is 10. The third-order valence-corrected chi connectivity index (χ3v) is 11.9. The molecule has 0 saturated carbocycles. The van der Waals surface area contributed by atoms with Crippen molar-refractivity contribution in [1.29, 1.82) is 0 Å². The zero-order valence-electron chi connectivity index (χ0n) is 35.1. The van der Waals surface area contributed by atoms with Gasteiger partial charge in [0, 0.05) is 22.0 Å². The summed E-state index contributed by atoms with van der Waals surface area (Å²) in [6.45, 7) is 37.0. The summed E-state index contributed by atoms with van der Waals surface area (Å²) in [7, 11) is 0. The Labute approximate surface area is 311 Å². The predicted octanol–water partition coefficient (Wildman–Crippen LogP) is 10.6. The molecule has 2 heterocycles. The largest absolute Gasteiger partial charge is 0.507 e. The Balaban J connectivity index is 1.45. The Morgan fingerprint density at radius 1 is 0.510 bits per heavy atom. The molecular weight excluding hydrogens is 636 g/mol. The fourth-order valence-corrected chi connectivity index (χ4v) is 7.63. The van der Waals surface area contributed by atoms with Crippen LogP contribution in [0.25, 0.3) is 0 Å². The van der Waals surface area contributed by atoms with Crippen molar-refractivity contribution in [2.24, 2.45) is 16.2 Å². The van der Waals surface area contributed by atoms with Gasteiger partial charge in [-0.3, -0.25) is 0 Å². The second-order valence-corrected chi connectivity index (χ2v) is 20.8. The number of hydrogen-bond donors (Lipinski definition) is 2. The van der Waals surface area contributed by atoms with Crippen molar-refractivity contribution >= 4 is 0 Å². The molecule has 288 valence electrons. The molecule has 2 aromatic carbocycles. The number of aromatic hydroxyl groups is 2. The van der Waals surface area contributed by atoms with Crippen LogP contribution in [0.15, 0.2) is 24.3 Å². The van der Waals surface area contributed by atoms with E-state index in [1.807, 2.05) is 0 Å². The Kier molecular flexibility index (Phi) is 11.6. The summed E-state index contributed by atoms with van der Waals surface area (Å²) in [6, 6.07) is 8.74. The summed E-state index contributed by atoms with van der Waals surface area (Å²) in [5.41, 5.74) is 4.74. The SMILES string of the molecule is CCC(C)(C)c1cc(CC(C)(C)C2OCC3(CO2)COC(C(C)(C)Cc2cc(C(C)(C)C)c(O)c(C(C)(C)CC)c2)OC3)cc(C(C)(C)C)c1O. The molecule has 2 fully saturated rings. The van der Waals surface area contributed by atoms with Crippen LogP contribution < -0.4 is 0 Å². The highest BCUT2D eigenvalue weighted by molar-refractivity contribution is 5.51. The number of benzene rings is 2. The summed E-state index contributed by atoms with van der Waals surface area (Å²) in [5.74, 6) is 0.842. The number of phenols is 2. The lowest BCUT2D eigenvalue weighted by molar-refractivity contribution is -0.333. The Morgan fingerprint density at radius 2 is 0.784 bits per heavy atom. The van der Waals surface area contributed by atoms with E-state index in [2.05, 4.69) is 135 Å². The van der Waals surface area contributed by atoms with Crippen LogP contribution in [-0.2, 0) is 53.4 Å². The second-order valence-electron chi connectivity index (χ2n) is 20.8. The van der Waals surface area contributed by atoms with Gasteiger partial charge in [0.25, 0.3) is 0 Å². The lowest BCUT2D eigenvalue weighted by Crippen LogP contribution is -2.56. The van der Waals surface area contributed by atoms with Gasteiger partial charge in [-0.1, -0.05) is 135 Å². The van der Waals surface area contributed by atoms with Crippen LogP contribution in [-0.4, -0.2) is 49.2 Å². The van der Waals surface area contributed by atoms with E-state index in [0.717, 1.165) is 47.9 Å². The van der Waals surface area contributed by atoms with Crippen LogP contribution in [0, 0.1) is 16.2 Å². The third kappa shape index (κ3) is 8.99. The topological polar surface area (TPSA) is 77.4 Å². The van der Waals surface area contributed by atoms with Crippen molar-refractivity contribution in [1.82, 2.24) is 0 Å². The van der Waals surface area contributed by atoms with E-state index in [1.165, 1.54) is 11.1 Å². The van der Waals surface area contributed by atoms with Crippen molar-refractivity contribution in [3.05, 3.63) is 57.6 Å². The number of hydrogen-bond acceptors (Lipinski definition) is 6. The highest BCUT2D eigenvalue weighted by Crippen LogP contribution is 2.46. The van der Waals surface area contributed by atoms with E-state index in [1.54, 1.807) is 0 Å². The fourth-order valence-electron chi connectivity index (χ4n) is 7.63. The number of ether oxygens (including phenoxy) is 4. The minimum Gasteiger partial charge on any atom is -0.507 e. The van der Waals surface area contributed by atoms with Gasteiger partial charge in [0.15, 0.2) is 12.6 Å². The first-order valence-corrected chi connectivity index (χ1v) is 19.4. The lowest BCUT2D eigenvalue weighted by atomic mass is 9.74. The van der Waals surface area contributed by atoms with Gasteiger partial charge in [-0.25, -0.2) is 0 Å². The Hall–Kier alpha value is -2.12. The molecule has 0 atom stereocenters. The molecule has 0 radical (unpaired) electrons. The summed E-state index contributed by atoms with van der Waals surface area (Å²) in [4.78, 5) is 0. The van der Waals surface area contributed by atoms with Crippen LogP contribution in [0.2, 0.25) is 0 Å². The molecule has 6 heteroatoms. The molecule has 2 N–H and O–H groups in total. The molecule has 51 heavy (non-hydrogen) atoms. The minimum absolute atomic E-state index is 0.143. The van der Waals surface area contributed by atoms with Crippen LogP contribution in [0.3, 0.4) is 0 Å². The monoisotopic (exact) mass is 709 g/mol. The van der Waals surface area contributed by atoms with Crippen LogP contribution in [0.1, 0.15) is 157 Å². The number of phenolic OH excluding ortho intramolecular Hbond substituents is 2. The summed E-state index contributed by atoms with van der Waals surface area (Å²) in [6.07, 6.45) is 2.64. The highest BCUT2D eigenvalue weighted by Gasteiger charge is 2.48. The van der Waals surface area contributed by atoms with Crippen molar-refractivity contribution < 1.29 is 29.2 Å². The summed E-state index contributed by atoms with van der Waals surface area (Å²) in [5, 5.41) is 22.7. The molecule has 4 rings (SSSR count). The van der Waals surface area contributed by atoms with Gasteiger partial charge in [0.2, 0.25) is 0 Å². The van der Waals surface area contributed by atoms with Gasteiger partial charge in [0.1, 0.15) is 11.5 Å². The van der Waals surface area contributed by atoms with Gasteiger partial charge in [-0.15, -0.1) is 0 Å². The molecule has 0 bridgehead atoms. The van der Waals surface area contributed by atoms with Gasteiger partial charge in [0.05, 0.1) is 31.8 Å². The van der Waals surface area contributed by atoms with Crippen molar-refractivity contribution in [2.45, 2.75) is 171 Å². The van der Waals surface area contributed by atoms with Crippen LogP contribution in [0.4, 0.5) is 0 Å². The predicted molar refractivity (Wildman–Crippen MR) is 209 cm³/mol. The molecule has 2 saturated heterocycles. The maximum absolute atomic E-state index is 11.4. The molecule has 2 aromatic rings. The molecule has 1 spiro atoms. The Morgan fingerprint density at radius 3 is 1.04 bits per heavy atom. The van der Waals surface area contributed by atoms with E-state index in [0.29, 0.717) is 37.9 Å². The summed E-state index contributed by atoms with van der Waals surface area (Å²) < 4.78 is 26.1. The average Bonchev–Trinajstić information content (AvgIpc) is 3.01. The molecule has 0 unspecified atom stereocenters. The van der Waals surface area contributed by atoms with E-state index in [9.17, 15) is 10.2 Å².